The van der Waals surface area contributed by atoms with Crippen molar-refractivity contribution >= 4 is 29.7 Å². The van der Waals surface area contributed by atoms with E-state index in [0.29, 0.717) is 31.3 Å². The summed E-state index contributed by atoms with van der Waals surface area (Å²) in [4.78, 5) is 22.7. The maximum Gasteiger partial charge on any atom is 0.416 e. The third-order valence-electron chi connectivity index (χ3n) is 6.99. The zero-order chi connectivity index (χ0) is 28.4. The number of nitrogens with two attached hydrogens (primary N) is 1. The number of amidine groups is 1. The van der Waals surface area contributed by atoms with Crippen LogP contribution in [0.5, 0.6) is 0 Å². The van der Waals surface area contributed by atoms with E-state index in [4.69, 9.17) is 10.5 Å². The van der Waals surface area contributed by atoms with E-state index in [0.717, 1.165) is 48.3 Å². The third kappa shape index (κ3) is 5.78. The lowest BCUT2D eigenvalue weighted by Crippen LogP contribution is -2.46. The SMILES string of the molecule is CC(O)C1=C(CN2CCOCC2)N2N=CN=C(N)C2C1c1ccc(NC(=O)Nc2cc(C(F)(F)F)ccn2)cc1. The van der Waals surface area contributed by atoms with Gasteiger partial charge >= 0.3 is 12.2 Å². The van der Waals surface area contributed by atoms with Crippen LogP contribution in [-0.2, 0) is 10.9 Å². The first-order valence-electron chi connectivity index (χ1n) is 12.7. The quantitative estimate of drug-likeness (QED) is 0.427. The summed E-state index contributed by atoms with van der Waals surface area (Å²) in [5.41, 5.74) is 8.29. The van der Waals surface area contributed by atoms with Gasteiger partial charge in [0.05, 0.1) is 30.6 Å². The molecule has 2 amide bonds. The van der Waals surface area contributed by atoms with Crippen molar-refractivity contribution in [2.24, 2.45) is 15.8 Å². The summed E-state index contributed by atoms with van der Waals surface area (Å²) in [7, 11) is 0. The van der Waals surface area contributed by atoms with Crippen LogP contribution in [0.2, 0.25) is 0 Å². The molecule has 212 valence electrons. The molecule has 2 aromatic rings. The number of halogens is 3. The number of nitrogens with one attached hydrogen (secondary N) is 2. The molecule has 40 heavy (non-hydrogen) atoms. The molecule has 0 bridgehead atoms. The van der Waals surface area contributed by atoms with Crippen LogP contribution in [-0.4, -0.2) is 83.2 Å². The molecule has 3 unspecified atom stereocenters. The van der Waals surface area contributed by atoms with Crippen LogP contribution in [0.25, 0.3) is 0 Å². The second-order valence-corrected chi connectivity index (χ2v) is 9.65. The average Bonchev–Trinajstić information content (AvgIpc) is 3.25. The van der Waals surface area contributed by atoms with Gasteiger partial charge in [0.2, 0.25) is 0 Å². The van der Waals surface area contributed by atoms with Crippen LogP contribution >= 0.6 is 0 Å². The van der Waals surface area contributed by atoms with Gasteiger partial charge in [-0.15, -0.1) is 0 Å². The molecule has 3 aliphatic rings. The second kappa shape index (κ2) is 11.2. The van der Waals surface area contributed by atoms with Crippen molar-refractivity contribution in [3.05, 3.63) is 65.0 Å². The van der Waals surface area contributed by atoms with E-state index >= 15 is 0 Å². The minimum absolute atomic E-state index is 0.234. The van der Waals surface area contributed by atoms with Gasteiger partial charge < -0.3 is 20.9 Å². The molecule has 0 saturated carbocycles. The molecule has 0 spiro atoms. The van der Waals surface area contributed by atoms with E-state index in [-0.39, 0.29) is 11.7 Å². The van der Waals surface area contributed by atoms with Gasteiger partial charge in [-0.3, -0.25) is 15.2 Å². The highest BCUT2D eigenvalue weighted by atomic mass is 19.4. The molecule has 14 heteroatoms. The topological polar surface area (TPSA) is 141 Å². The lowest BCUT2D eigenvalue weighted by atomic mass is 9.84. The first-order valence-corrected chi connectivity index (χ1v) is 12.7. The molecule has 4 heterocycles. The number of carbonyl (C=O) groups excluding carboxylic acids is 1. The summed E-state index contributed by atoms with van der Waals surface area (Å²) in [5, 5.41) is 22.1. The molecule has 0 aliphatic carbocycles. The molecule has 3 atom stereocenters. The Morgan fingerprint density at radius 3 is 2.60 bits per heavy atom. The predicted molar refractivity (Wildman–Crippen MR) is 143 cm³/mol. The van der Waals surface area contributed by atoms with E-state index in [2.05, 4.69) is 30.6 Å². The minimum Gasteiger partial charge on any atom is -0.389 e. The fourth-order valence-electron chi connectivity index (χ4n) is 5.18. The van der Waals surface area contributed by atoms with Crippen LogP contribution < -0.4 is 16.4 Å². The molecule has 11 nitrogen and oxygen atoms in total. The first kappa shape index (κ1) is 27.6. The van der Waals surface area contributed by atoms with Gasteiger partial charge in [-0.2, -0.15) is 18.3 Å². The molecule has 1 fully saturated rings. The Hall–Kier alpha value is -4.01. The van der Waals surface area contributed by atoms with Crippen molar-refractivity contribution in [2.75, 3.05) is 43.5 Å². The van der Waals surface area contributed by atoms with Gasteiger partial charge in [-0.25, -0.2) is 14.8 Å². The van der Waals surface area contributed by atoms with Crippen LogP contribution in [0.15, 0.2) is 64.0 Å². The second-order valence-electron chi connectivity index (χ2n) is 9.65. The van der Waals surface area contributed by atoms with Gasteiger partial charge in [0.15, 0.2) is 0 Å². The summed E-state index contributed by atoms with van der Waals surface area (Å²) >= 11 is 0. The first-order chi connectivity index (χ1) is 19.1. The average molecular weight is 559 g/mol. The van der Waals surface area contributed by atoms with Crippen molar-refractivity contribution in [1.29, 1.82) is 0 Å². The number of rotatable bonds is 6. The number of pyridine rings is 1. The van der Waals surface area contributed by atoms with E-state index < -0.39 is 29.9 Å². The fraction of sp³-hybridized carbons (Fsp3) is 0.385. The Labute approximate surface area is 228 Å². The maximum absolute atomic E-state index is 13.0. The smallest absolute Gasteiger partial charge is 0.389 e. The predicted octanol–water partition coefficient (Wildman–Crippen LogP) is 2.79. The number of aliphatic imine (C=N–C) groups is 1. The minimum atomic E-state index is -4.55. The summed E-state index contributed by atoms with van der Waals surface area (Å²) in [6.45, 7) is 5.03. The number of aliphatic hydroxyl groups is 1. The standard InChI is InChI=1S/C26H29F3N8O3/c1-15(38)21-19(13-36-8-10-40-11-9-36)37-23(24(30)32-14-33-37)22(21)16-2-4-18(5-3-16)34-25(39)35-20-12-17(6-7-31-20)26(27,28)29/h2-7,12,14-15,22-23,38H,8-11,13H2,1H3,(H2,30,32,33)(H2,31,34,35,39). The monoisotopic (exact) mass is 558 g/mol. The molecular weight excluding hydrogens is 529 g/mol. The molecule has 5 N–H and O–H groups in total. The fourth-order valence-corrected chi connectivity index (χ4v) is 5.18. The van der Waals surface area contributed by atoms with Crippen LogP contribution in [0, 0.1) is 0 Å². The Bertz CT molecular complexity index is 1340. The Morgan fingerprint density at radius 2 is 1.93 bits per heavy atom. The summed E-state index contributed by atoms with van der Waals surface area (Å²) in [6, 6.07) is 7.32. The molecule has 1 saturated heterocycles. The number of benzene rings is 1. The summed E-state index contributed by atoms with van der Waals surface area (Å²) < 4.78 is 44.3. The lowest BCUT2D eigenvalue weighted by molar-refractivity contribution is -0.137. The number of urea groups is 1. The van der Waals surface area contributed by atoms with Crippen LogP contribution in [0.3, 0.4) is 0 Å². The zero-order valence-corrected chi connectivity index (χ0v) is 21.6. The number of hydrazone groups is 1. The highest BCUT2D eigenvalue weighted by Gasteiger charge is 2.46. The highest BCUT2D eigenvalue weighted by molar-refractivity contribution is 5.99. The number of alkyl halides is 3. The van der Waals surface area contributed by atoms with Crippen molar-refractivity contribution < 1.29 is 27.8 Å². The summed E-state index contributed by atoms with van der Waals surface area (Å²) in [6.07, 6.45) is -2.97. The van der Waals surface area contributed by atoms with E-state index in [9.17, 15) is 23.1 Å². The number of aromatic nitrogens is 1. The maximum atomic E-state index is 13.0. The largest absolute Gasteiger partial charge is 0.416 e. The molecule has 5 rings (SSSR count). The number of ether oxygens (including phenoxy) is 1. The van der Waals surface area contributed by atoms with Crippen molar-refractivity contribution in [2.45, 2.75) is 31.2 Å². The molecular formula is C26H29F3N8O3. The Morgan fingerprint density at radius 1 is 1.20 bits per heavy atom. The van der Waals surface area contributed by atoms with Crippen molar-refractivity contribution in [3.63, 3.8) is 0 Å². The summed E-state index contributed by atoms with van der Waals surface area (Å²) in [5.74, 6) is -0.221. The number of aliphatic hydroxyl groups excluding tert-OH is 1. The number of fused-ring (bicyclic) bond motifs is 1. The van der Waals surface area contributed by atoms with Gasteiger partial charge in [0.1, 0.15) is 24.0 Å². The number of morpholine rings is 1. The molecule has 1 aromatic heterocycles. The van der Waals surface area contributed by atoms with Gasteiger partial charge in [-0.05, 0) is 42.3 Å². The van der Waals surface area contributed by atoms with Gasteiger partial charge in [-0.1, -0.05) is 12.1 Å². The number of amides is 2. The van der Waals surface area contributed by atoms with E-state index in [1.54, 1.807) is 31.2 Å². The third-order valence-corrected chi connectivity index (χ3v) is 6.99. The molecule has 1 aromatic carbocycles. The van der Waals surface area contributed by atoms with E-state index in [1.165, 1.54) is 6.34 Å². The van der Waals surface area contributed by atoms with Gasteiger partial charge in [0, 0.05) is 37.4 Å². The number of hydrogen-bond donors (Lipinski definition) is 4. The number of anilines is 2. The van der Waals surface area contributed by atoms with E-state index in [1.807, 2.05) is 5.01 Å². The van der Waals surface area contributed by atoms with Crippen molar-refractivity contribution in [1.82, 2.24) is 14.9 Å². The Balaban J connectivity index is 1.36. The van der Waals surface area contributed by atoms with Crippen LogP contribution in [0.1, 0.15) is 24.0 Å². The number of hydrogen-bond acceptors (Lipinski definition) is 9. The van der Waals surface area contributed by atoms with Gasteiger partial charge in [0.25, 0.3) is 0 Å². The number of carbonyl (C=O) groups is 1. The normalized spacial score (nSPS) is 22.1. The molecule has 3 aliphatic heterocycles. The molecule has 0 radical (unpaired) electrons. The van der Waals surface area contributed by atoms with Crippen molar-refractivity contribution in [3.8, 4) is 0 Å². The lowest BCUT2D eigenvalue weighted by Gasteiger charge is -2.32. The Kier molecular flexibility index (Phi) is 7.74. The zero-order valence-electron chi connectivity index (χ0n) is 21.6. The number of nitrogens with zero attached hydrogens (tertiary/aromatic N) is 5. The highest BCUT2D eigenvalue weighted by Crippen LogP contribution is 2.44. The van der Waals surface area contributed by atoms with Crippen LogP contribution in [0.4, 0.5) is 29.5 Å².